The van der Waals surface area contributed by atoms with Gasteiger partial charge in [0, 0.05) is 0 Å². The minimum absolute atomic E-state index is 0.0495. The number of hydrogen-bond donors (Lipinski definition) is 2. The quantitative estimate of drug-likeness (QED) is 0.477. The second kappa shape index (κ2) is 10.2. The predicted octanol–water partition coefficient (Wildman–Crippen LogP) is 5.32. The van der Waals surface area contributed by atoms with Gasteiger partial charge in [-0.2, -0.15) is 0 Å². The topological polar surface area (TPSA) is 84.9 Å². The van der Waals surface area contributed by atoms with Gasteiger partial charge in [0.2, 0.25) is 0 Å². The largest absolute Gasteiger partial charge is 0.445 e. The number of rotatable bonds is 8. The van der Waals surface area contributed by atoms with Gasteiger partial charge in [-0.05, 0) is 23.6 Å². The summed E-state index contributed by atoms with van der Waals surface area (Å²) in [5.41, 5.74) is 3.01. The van der Waals surface area contributed by atoms with E-state index in [2.05, 4.69) is 5.32 Å². The number of benzene rings is 3. The van der Waals surface area contributed by atoms with E-state index in [1.54, 1.807) is 36.4 Å². The highest BCUT2D eigenvalue weighted by Crippen LogP contribution is 2.55. The first kappa shape index (κ1) is 21.8. The predicted molar refractivity (Wildman–Crippen MR) is 115 cm³/mol. The van der Waals surface area contributed by atoms with E-state index in [1.165, 1.54) is 0 Å². The highest BCUT2D eigenvalue weighted by molar-refractivity contribution is 7.53. The van der Waals surface area contributed by atoms with Crippen LogP contribution in [0.3, 0.4) is 0 Å². The Bertz CT molecular complexity index is 993. The van der Waals surface area contributed by atoms with E-state index in [4.69, 9.17) is 9.26 Å². The monoisotopic (exact) mass is 425 g/mol. The van der Waals surface area contributed by atoms with Crippen LogP contribution in [0.2, 0.25) is 0 Å². The lowest BCUT2D eigenvalue weighted by molar-refractivity contribution is 0.136. The molecule has 0 heterocycles. The Morgan fingerprint density at radius 1 is 0.900 bits per heavy atom. The average molecular weight is 425 g/mol. The van der Waals surface area contributed by atoms with E-state index in [0.29, 0.717) is 5.56 Å². The number of carbonyl (C=O) groups is 1. The van der Waals surface area contributed by atoms with Crippen LogP contribution in [0.5, 0.6) is 0 Å². The lowest BCUT2D eigenvalue weighted by Gasteiger charge is -2.24. The van der Waals surface area contributed by atoms with Crippen molar-refractivity contribution in [1.82, 2.24) is 5.32 Å². The Labute approximate surface area is 176 Å². The second-order valence-corrected chi connectivity index (χ2v) is 8.75. The number of amides is 1. The summed E-state index contributed by atoms with van der Waals surface area (Å²) in [5.74, 6) is -1.26. The Morgan fingerprint density at radius 3 is 2.00 bits per heavy atom. The summed E-state index contributed by atoms with van der Waals surface area (Å²) in [4.78, 5) is 23.0. The molecule has 0 spiro atoms. The van der Waals surface area contributed by atoms with Crippen molar-refractivity contribution in [2.45, 2.75) is 25.9 Å². The molecule has 0 aliphatic rings. The summed E-state index contributed by atoms with van der Waals surface area (Å²) >= 11 is 0. The van der Waals surface area contributed by atoms with E-state index in [9.17, 15) is 14.3 Å². The van der Waals surface area contributed by atoms with Crippen LogP contribution in [0.1, 0.15) is 28.0 Å². The van der Waals surface area contributed by atoms with Gasteiger partial charge < -0.3 is 19.5 Å². The minimum Gasteiger partial charge on any atom is -0.445 e. The van der Waals surface area contributed by atoms with Crippen molar-refractivity contribution in [1.29, 1.82) is 0 Å². The SMILES string of the molecule is Cc1ccc(C(NC(=O)OCc2ccccc2)P(=O)(O)OCc2ccccc2)cc1. The maximum absolute atomic E-state index is 13.0. The average Bonchev–Trinajstić information content (AvgIpc) is 2.77. The van der Waals surface area contributed by atoms with Crippen molar-refractivity contribution in [2.24, 2.45) is 0 Å². The summed E-state index contributed by atoms with van der Waals surface area (Å²) in [6.07, 6.45) is -0.804. The van der Waals surface area contributed by atoms with Crippen molar-refractivity contribution in [2.75, 3.05) is 0 Å². The number of aryl methyl sites for hydroxylation is 1. The number of ether oxygens (including phenoxy) is 1. The molecule has 1 amide bonds. The molecule has 7 heteroatoms. The Hall–Kier alpha value is -2.92. The van der Waals surface area contributed by atoms with Crippen LogP contribution in [0, 0.1) is 6.92 Å². The number of alkyl carbamates (subject to hydrolysis) is 1. The summed E-state index contributed by atoms with van der Waals surface area (Å²) in [6, 6.07) is 25.2. The third-order valence-electron chi connectivity index (χ3n) is 4.45. The van der Waals surface area contributed by atoms with Gasteiger partial charge in [-0.3, -0.25) is 4.57 Å². The molecule has 3 aromatic rings. The molecule has 156 valence electrons. The highest BCUT2D eigenvalue weighted by Gasteiger charge is 2.36. The molecule has 0 saturated heterocycles. The number of hydrogen-bond acceptors (Lipinski definition) is 4. The maximum atomic E-state index is 13.0. The van der Waals surface area contributed by atoms with Crippen LogP contribution >= 0.6 is 7.60 Å². The van der Waals surface area contributed by atoms with Gasteiger partial charge in [-0.25, -0.2) is 4.79 Å². The zero-order chi connectivity index (χ0) is 21.4. The van der Waals surface area contributed by atoms with E-state index in [1.807, 2.05) is 55.5 Å². The fourth-order valence-corrected chi connectivity index (χ4v) is 4.09. The van der Waals surface area contributed by atoms with Gasteiger partial charge >= 0.3 is 13.7 Å². The molecule has 0 radical (unpaired) electrons. The first-order chi connectivity index (χ1) is 14.4. The van der Waals surface area contributed by atoms with E-state index in [-0.39, 0.29) is 13.2 Å². The fraction of sp³-hybridized carbons (Fsp3) is 0.174. The van der Waals surface area contributed by atoms with E-state index >= 15 is 0 Å². The van der Waals surface area contributed by atoms with Gasteiger partial charge in [0.15, 0.2) is 5.78 Å². The molecular weight excluding hydrogens is 401 g/mol. The molecule has 0 aromatic heterocycles. The summed E-state index contributed by atoms with van der Waals surface area (Å²) in [7, 11) is -4.27. The first-order valence-corrected chi connectivity index (χ1v) is 11.1. The Kier molecular flexibility index (Phi) is 7.41. The maximum Gasteiger partial charge on any atom is 0.408 e. The molecule has 2 N–H and O–H groups in total. The van der Waals surface area contributed by atoms with Gasteiger partial charge in [-0.15, -0.1) is 0 Å². The molecule has 0 fully saturated rings. The van der Waals surface area contributed by atoms with Gasteiger partial charge in [0.05, 0.1) is 6.61 Å². The third-order valence-corrected chi connectivity index (χ3v) is 6.02. The van der Waals surface area contributed by atoms with Crippen molar-refractivity contribution in [3.8, 4) is 0 Å². The molecule has 0 bridgehead atoms. The summed E-state index contributed by atoms with van der Waals surface area (Å²) in [5, 5.41) is 2.50. The van der Waals surface area contributed by atoms with Crippen molar-refractivity contribution in [3.63, 3.8) is 0 Å². The number of nitrogens with one attached hydrogen (secondary N) is 1. The van der Waals surface area contributed by atoms with Crippen molar-refractivity contribution in [3.05, 3.63) is 107 Å². The molecule has 6 nitrogen and oxygen atoms in total. The Morgan fingerprint density at radius 2 is 1.43 bits per heavy atom. The number of carbonyl (C=O) groups excluding carboxylic acids is 1. The Balaban J connectivity index is 1.73. The van der Waals surface area contributed by atoms with Crippen LogP contribution in [-0.2, 0) is 27.0 Å². The molecule has 3 aromatic carbocycles. The van der Waals surface area contributed by atoms with Crippen molar-refractivity contribution < 1.29 is 23.5 Å². The summed E-state index contributed by atoms with van der Waals surface area (Å²) in [6.45, 7) is 1.90. The normalized spacial score (nSPS) is 13.8. The molecule has 0 saturated carbocycles. The minimum atomic E-state index is -4.27. The molecule has 0 aliphatic heterocycles. The molecule has 2 unspecified atom stereocenters. The zero-order valence-electron chi connectivity index (χ0n) is 16.6. The fourth-order valence-electron chi connectivity index (χ4n) is 2.79. The molecule has 2 atom stereocenters. The smallest absolute Gasteiger partial charge is 0.408 e. The molecular formula is C23H24NO5P. The van der Waals surface area contributed by atoms with Crippen molar-refractivity contribution >= 4 is 13.7 Å². The van der Waals surface area contributed by atoms with Crippen LogP contribution in [-0.4, -0.2) is 11.0 Å². The van der Waals surface area contributed by atoms with E-state index in [0.717, 1.165) is 16.7 Å². The first-order valence-electron chi connectivity index (χ1n) is 9.49. The second-order valence-electron chi connectivity index (χ2n) is 6.84. The van der Waals surface area contributed by atoms with E-state index < -0.39 is 19.5 Å². The highest BCUT2D eigenvalue weighted by atomic mass is 31.2. The molecule has 30 heavy (non-hydrogen) atoms. The van der Waals surface area contributed by atoms with Crippen LogP contribution in [0.4, 0.5) is 4.79 Å². The standard InChI is InChI=1S/C23H24NO5P/c1-18-12-14-21(15-13-18)22(24-23(25)28-16-19-8-4-2-5-9-19)30(26,27)29-17-20-10-6-3-7-11-20/h2-15,22H,16-17H2,1H3,(H,24,25)(H,26,27). The summed E-state index contributed by atoms with van der Waals surface area (Å²) < 4.78 is 23.6. The lowest BCUT2D eigenvalue weighted by atomic mass is 10.1. The van der Waals surface area contributed by atoms with Crippen LogP contribution < -0.4 is 5.32 Å². The van der Waals surface area contributed by atoms with Crippen LogP contribution in [0.25, 0.3) is 0 Å². The molecule has 0 aliphatic carbocycles. The zero-order valence-corrected chi connectivity index (χ0v) is 17.5. The molecule has 3 rings (SSSR count). The third kappa shape index (κ3) is 6.29. The van der Waals surface area contributed by atoms with Crippen LogP contribution in [0.15, 0.2) is 84.9 Å². The van der Waals surface area contributed by atoms with Gasteiger partial charge in [0.25, 0.3) is 0 Å². The lowest BCUT2D eigenvalue weighted by Crippen LogP contribution is -2.29. The van der Waals surface area contributed by atoms with Gasteiger partial charge in [-0.1, -0.05) is 90.5 Å². The van der Waals surface area contributed by atoms with Gasteiger partial charge in [0.1, 0.15) is 6.61 Å².